The largest absolute Gasteiger partial charge is 0.353 e. The first-order valence-electron chi connectivity index (χ1n) is 10.6. The molecule has 2 fully saturated rings. The molecule has 1 N–H and O–H groups in total. The van der Waals surface area contributed by atoms with Crippen molar-refractivity contribution in [1.29, 1.82) is 0 Å². The third-order valence-corrected chi connectivity index (χ3v) is 5.94. The van der Waals surface area contributed by atoms with Crippen molar-refractivity contribution in [2.24, 2.45) is 5.92 Å². The summed E-state index contributed by atoms with van der Waals surface area (Å²) >= 11 is 0. The lowest BCUT2D eigenvalue weighted by Crippen LogP contribution is -2.38. The zero-order valence-corrected chi connectivity index (χ0v) is 17.4. The summed E-state index contributed by atoms with van der Waals surface area (Å²) in [5.74, 6) is 0.498. The van der Waals surface area contributed by atoms with Crippen LogP contribution in [-0.4, -0.2) is 41.1 Å². The first-order chi connectivity index (χ1) is 14.4. The van der Waals surface area contributed by atoms with Crippen LogP contribution in [0.3, 0.4) is 0 Å². The van der Waals surface area contributed by atoms with Gasteiger partial charge in [-0.05, 0) is 37.3 Å². The number of amides is 1. The van der Waals surface area contributed by atoms with Gasteiger partial charge in [0.05, 0.1) is 6.61 Å². The lowest BCUT2D eigenvalue weighted by atomic mass is 9.86. The molecule has 1 saturated heterocycles. The van der Waals surface area contributed by atoms with E-state index in [-0.39, 0.29) is 24.2 Å². The van der Waals surface area contributed by atoms with Gasteiger partial charge in [0, 0.05) is 37.8 Å². The van der Waals surface area contributed by atoms with Gasteiger partial charge in [0.25, 0.3) is 0 Å². The Kier molecular flexibility index (Phi) is 6.15. The second-order valence-corrected chi connectivity index (χ2v) is 8.42. The molecule has 0 bridgehead atoms. The van der Waals surface area contributed by atoms with Gasteiger partial charge in [-0.25, -0.2) is 4.39 Å². The molecule has 1 saturated carbocycles. The average Bonchev–Trinajstić information content (AvgIpc) is 3.37. The van der Waals surface area contributed by atoms with E-state index >= 15 is 0 Å². The number of halogens is 1. The van der Waals surface area contributed by atoms with Crippen LogP contribution in [-0.2, 0) is 20.7 Å². The van der Waals surface area contributed by atoms with Gasteiger partial charge in [-0.1, -0.05) is 24.2 Å². The molecule has 2 aromatic rings. The van der Waals surface area contributed by atoms with Crippen molar-refractivity contribution in [3.05, 3.63) is 35.5 Å². The summed E-state index contributed by atoms with van der Waals surface area (Å²) in [5, 5.41) is 6.77. The number of carbonyl (C=O) groups excluding carboxylic acids is 1. The van der Waals surface area contributed by atoms with Crippen LogP contribution in [0.15, 0.2) is 22.7 Å². The number of benzene rings is 1. The second-order valence-electron chi connectivity index (χ2n) is 8.42. The highest BCUT2D eigenvalue weighted by molar-refractivity contribution is 5.76. The van der Waals surface area contributed by atoms with Crippen LogP contribution in [0.4, 0.5) is 4.39 Å². The maximum atomic E-state index is 13.7. The number of hydrogen-bond acceptors (Lipinski definition) is 6. The Morgan fingerprint density at radius 1 is 1.33 bits per heavy atom. The van der Waals surface area contributed by atoms with Crippen molar-refractivity contribution in [2.75, 3.05) is 13.2 Å². The van der Waals surface area contributed by atoms with Crippen molar-refractivity contribution in [3.63, 3.8) is 0 Å². The van der Waals surface area contributed by atoms with E-state index in [0.29, 0.717) is 42.4 Å². The van der Waals surface area contributed by atoms with E-state index in [1.807, 2.05) is 0 Å². The number of aromatic nitrogens is 2. The van der Waals surface area contributed by atoms with Crippen LogP contribution in [0, 0.1) is 18.7 Å². The minimum atomic E-state index is -0.447. The van der Waals surface area contributed by atoms with E-state index in [4.69, 9.17) is 14.0 Å². The minimum absolute atomic E-state index is 0.113. The molecule has 0 radical (unpaired) electrons. The Bertz CT molecular complexity index is 892. The molecule has 8 heteroatoms. The van der Waals surface area contributed by atoms with Crippen LogP contribution >= 0.6 is 0 Å². The van der Waals surface area contributed by atoms with Crippen LogP contribution in [0.5, 0.6) is 0 Å². The van der Waals surface area contributed by atoms with Gasteiger partial charge in [0.15, 0.2) is 5.79 Å². The molecule has 30 heavy (non-hydrogen) atoms. The first-order valence-corrected chi connectivity index (χ1v) is 10.6. The van der Waals surface area contributed by atoms with Crippen molar-refractivity contribution in [2.45, 2.75) is 64.3 Å². The number of rotatable bonds is 6. The molecule has 0 unspecified atom stereocenters. The number of hydrogen-bond donors (Lipinski definition) is 1. The van der Waals surface area contributed by atoms with Gasteiger partial charge < -0.3 is 19.3 Å². The molecule has 1 atom stereocenters. The third kappa shape index (κ3) is 4.87. The van der Waals surface area contributed by atoms with E-state index < -0.39 is 5.79 Å². The number of nitrogens with one attached hydrogen (secondary N) is 1. The summed E-state index contributed by atoms with van der Waals surface area (Å²) in [6, 6.07) is 4.78. The number of nitrogens with zero attached hydrogens (tertiary/aromatic N) is 2. The smallest absolute Gasteiger partial charge is 0.227 e. The van der Waals surface area contributed by atoms with Crippen LogP contribution < -0.4 is 5.32 Å². The molecular weight excluding hydrogens is 389 g/mol. The average molecular weight is 417 g/mol. The lowest BCUT2D eigenvalue weighted by Gasteiger charge is -2.34. The zero-order valence-electron chi connectivity index (χ0n) is 17.4. The third-order valence-electron chi connectivity index (χ3n) is 5.94. The summed E-state index contributed by atoms with van der Waals surface area (Å²) in [5.41, 5.74) is 1.10. The van der Waals surface area contributed by atoms with E-state index in [9.17, 15) is 9.18 Å². The minimum Gasteiger partial charge on any atom is -0.353 e. The molecule has 1 aliphatic carbocycles. The molecule has 2 heterocycles. The first kappa shape index (κ1) is 20.9. The molecule has 1 aromatic heterocycles. The summed E-state index contributed by atoms with van der Waals surface area (Å²) in [6.07, 6.45) is 4.48. The van der Waals surface area contributed by atoms with Crippen molar-refractivity contribution < 1.29 is 23.2 Å². The Morgan fingerprint density at radius 2 is 2.13 bits per heavy atom. The number of carbonyl (C=O) groups is 1. The number of ether oxygens (including phenoxy) is 2. The van der Waals surface area contributed by atoms with Gasteiger partial charge in [-0.2, -0.15) is 4.98 Å². The Hall–Kier alpha value is -2.32. The summed E-state index contributed by atoms with van der Waals surface area (Å²) < 4.78 is 31.0. The molecule has 4 rings (SSSR count). The fourth-order valence-electron chi connectivity index (χ4n) is 3.92. The highest BCUT2D eigenvalue weighted by Gasteiger charge is 2.43. The van der Waals surface area contributed by atoms with Gasteiger partial charge in [-0.15, -0.1) is 0 Å². The molecule has 2 aliphatic rings. The SMILES string of the molecule is Cc1ccc(-c2noc(CCC(=O)NC[C@@H]3COC4(CCC(C)CC4)O3)n2)cc1F. The zero-order chi connectivity index (χ0) is 21.1. The number of aryl methyl sites for hydroxylation is 2. The van der Waals surface area contributed by atoms with Crippen molar-refractivity contribution in [1.82, 2.24) is 15.5 Å². The quantitative estimate of drug-likeness (QED) is 0.774. The van der Waals surface area contributed by atoms with Gasteiger partial charge in [0.1, 0.15) is 11.9 Å². The fourth-order valence-corrected chi connectivity index (χ4v) is 3.92. The lowest BCUT2D eigenvalue weighted by molar-refractivity contribution is -0.191. The molecule has 1 aliphatic heterocycles. The van der Waals surface area contributed by atoms with E-state index in [1.54, 1.807) is 19.1 Å². The standard InChI is InChI=1S/C22H28FN3O4/c1-14-7-9-22(10-8-14)28-13-17(29-22)12-24-19(27)5-6-20-25-21(26-30-20)16-4-3-15(2)18(23)11-16/h3-4,11,14,17H,5-10,12-13H2,1-2H3,(H,24,27)/t14?,17-,22?/m1/s1. The van der Waals surface area contributed by atoms with Crippen molar-refractivity contribution in [3.8, 4) is 11.4 Å². The van der Waals surface area contributed by atoms with E-state index in [1.165, 1.54) is 6.07 Å². The Morgan fingerprint density at radius 3 is 2.90 bits per heavy atom. The summed E-state index contributed by atoms with van der Waals surface area (Å²) in [7, 11) is 0. The highest BCUT2D eigenvalue weighted by atomic mass is 19.1. The summed E-state index contributed by atoms with van der Waals surface area (Å²) in [4.78, 5) is 16.5. The monoisotopic (exact) mass is 417 g/mol. The normalized spacial score (nSPS) is 26.2. The Balaban J connectivity index is 1.21. The molecule has 162 valence electrons. The second kappa shape index (κ2) is 8.81. The highest BCUT2D eigenvalue weighted by Crippen LogP contribution is 2.39. The van der Waals surface area contributed by atoms with Gasteiger partial charge >= 0.3 is 0 Å². The maximum absolute atomic E-state index is 13.7. The van der Waals surface area contributed by atoms with Gasteiger partial charge in [0.2, 0.25) is 17.6 Å². The molecule has 1 spiro atoms. The maximum Gasteiger partial charge on any atom is 0.227 e. The van der Waals surface area contributed by atoms with Crippen LogP contribution in [0.25, 0.3) is 11.4 Å². The van der Waals surface area contributed by atoms with Crippen LogP contribution in [0.2, 0.25) is 0 Å². The Labute approximate surface area is 175 Å². The molecule has 1 aromatic carbocycles. The predicted octanol–water partition coefficient (Wildman–Crippen LogP) is 3.55. The topological polar surface area (TPSA) is 86.5 Å². The van der Waals surface area contributed by atoms with E-state index in [0.717, 1.165) is 31.6 Å². The molecule has 1 amide bonds. The van der Waals surface area contributed by atoms with Crippen LogP contribution in [0.1, 0.15) is 50.5 Å². The van der Waals surface area contributed by atoms with Gasteiger partial charge in [-0.3, -0.25) is 4.79 Å². The van der Waals surface area contributed by atoms with Crippen molar-refractivity contribution >= 4 is 5.91 Å². The fraction of sp³-hybridized carbons (Fsp3) is 0.591. The summed E-state index contributed by atoms with van der Waals surface area (Å²) in [6.45, 7) is 4.88. The molecule has 7 nitrogen and oxygen atoms in total. The van der Waals surface area contributed by atoms with E-state index in [2.05, 4.69) is 22.4 Å². The predicted molar refractivity (Wildman–Crippen MR) is 107 cm³/mol. The molecular formula is C22H28FN3O4.